The van der Waals surface area contributed by atoms with E-state index in [1.54, 1.807) is 12.1 Å². The van der Waals surface area contributed by atoms with E-state index in [1.165, 1.54) is 24.5 Å². The van der Waals surface area contributed by atoms with E-state index in [9.17, 15) is 4.39 Å². The molecule has 3 nitrogen and oxygen atoms in total. The van der Waals surface area contributed by atoms with Gasteiger partial charge in [-0.1, -0.05) is 12.1 Å². The molecule has 1 heterocycles. The summed E-state index contributed by atoms with van der Waals surface area (Å²) in [7, 11) is 0. The van der Waals surface area contributed by atoms with Gasteiger partial charge in [-0.3, -0.25) is 4.68 Å². The Labute approximate surface area is 112 Å². The van der Waals surface area contributed by atoms with E-state index in [2.05, 4.69) is 16.6 Å². The second-order valence-electron chi connectivity index (χ2n) is 5.22. The molecule has 4 heteroatoms. The van der Waals surface area contributed by atoms with E-state index < -0.39 is 0 Å². The van der Waals surface area contributed by atoms with Crippen LogP contribution in [0.15, 0.2) is 30.5 Å². The Morgan fingerprint density at radius 1 is 1.42 bits per heavy atom. The van der Waals surface area contributed by atoms with Gasteiger partial charge >= 0.3 is 0 Å². The lowest BCUT2D eigenvalue weighted by Gasteiger charge is -2.02. The first-order chi connectivity index (χ1) is 9.20. The molecule has 1 saturated carbocycles. The lowest BCUT2D eigenvalue weighted by molar-refractivity contribution is 0.618. The average Bonchev–Trinajstić information content (AvgIpc) is 3.12. The highest BCUT2D eigenvalue weighted by Crippen LogP contribution is 2.19. The zero-order valence-electron chi connectivity index (χ0n) is 11.1. The van der Waals surface area contributed by atoms with Crippen molar-refractivity contribution < 1.29 is 4.39 Å². The van der Waals surface area contributed by atoms with Crippen molar-refractivity contribution in [2.45, 2.75) is 38.9 Å². The van der Waals surface area contributed by atoms with Crippen LogP contribution in [0.4, 0.5) is 4.39 Å². The Kier molecular flexibility index (Phi) is 3.34. The molecule has 1 aromatic heterocycles. The summed E-state index contributed by atoms with van der Waals surface area (Å²) < 4.78 is 15.0. The number of halogens is 1. The predicted octanol–water partition coefficient (Wildman–Crippen LogP) is 2.63. The molecule has 1 aliphatic carbocycles. The second kappa shape index (κ2) is 5.13. The molecule has 1 fully saturated rings. The van der Waals surface area contributed by atoms with E-state index in [4.69, 9.17) is 0 Å². The SMILES string of the molecule is Cc1nn(Cc2cccc(F)c2)cc1CNC1CC1. The summed E-state index contributed by atoms with van der Waals surface area (Å²) in [5, 5.41) is 7.97. The van der Waals surface area contributed by atoms with Crippen LogP contribution in [0.5, 0.6) is 0 Å². The standard InChI is InChI=1S/C15H18FN3/c1-11-13(8-17-15-5-6-15)10-19(18-11)9-12-3-2-4-14(16)7-12/h2-4,7,10,15,17H,5-6,8-9H2,1H3. The molecule has 19 heavy (non-hydrogen) atoms. The minimum absolute atomic E-state index is 0.197. The Hall–Kier alpha value is -1.68. The lowest BCUT2D eigenvalue weighted by Crippen LogP contribution is -2.15. The summed E-state index contributed by atoms with van der Waals surface area (Å²) in [6.45, 7) is 3.51. The van der Waals surface area contributed by atoms with Gasteiger partial charge in [-0.25, -0.2) is 4.39 Å². The molecule has 1 aliphatic rings. The van der Waals surface area contributed by atoms with Gasteiger partial charge in [-0.15, -0.1) is 0 Å². The Balaban J connectivity index is 1.68. The van der Waals surface area contributed by atoms with Gasteiger partial charge in [0.15, 0.2) is 0 Å². The number of nitrogens with zero attached hydrogens (tertiary/aromatic N) is 2. The maximum absolute atomic E-state index is 13.1. The first-order valence-electron chi connectivity index (χ1n) is 6.71. The van der Waals surface area contributed by atoms with E-state index in [1.807, 2.05) is 17.7 Å². The molecular weight excluding hydrogens is 241 g/mol. The van der Waals surface area contributed by atoms with Crippen LogP contribution in [0.3, 0.4) is 0 Å². The molecular formula is C15H18FN3. The highest BCUT2D eigenvalue weighted by atomic mass is 19.1. The van der Waals surface area contributed by atoms with Crippen LogP contribution >= 0.6 is 0 Å². The van der Waals surface area contributed by atoms with Gasteiger partial charge in [0.25, 0.3) is 0 Å². The van der Waals surface area contributed by atoms with Crippen LogP contribution in [0.25, 0.3) is 0 Å². The monoisotopic (exact) mass is 259 g/mol. The van der Waals surface area contributed by atoms with Gasteiger partial charge in [0, 0.05) is 24.3 Å². The fourth-order valence-electron chi connectivity index (χ4n) is 2.18. The van der Waals surface area contributed by atoms with E-state index >= 15 is 0 Å². The molecule has 1 N–H and O–H groups in total. The summed E-state index contributed by atoms with van der Waals surface area (Å²) >= 11 is 0. The van der Waals surface area contributed by atoms with Gasteiger partial charge in [-0.2, -0.15) is 5.10 Å². The third-order valence-electron chi connectivity index (χ3n) is 3.44. The fraction of sp³-hybridized carbons (Fsp3) is 0.400. The van der Waals surface area contributed by atoms with Gasteiger partial charge in [0.2, 0.25) is 0 Å². The van der Waals surface area contributed by atoms with Crippen molar-refractivity contribution in [2.75, 3.05) is 0 Å². The number of hydrogen-bond donors (Lipinski definition) is 1. The number of benzene rings is 1. The van der Waals surface area contributed by atoms with Crippen molar-refractivity contribution in [3.63, 3.8) is 0 Å². The van der Waals surface area contributed by atoms with Gasteiger partial charge < -0.3 is 5.32 Å². The normalized spacial score (nSPS) is 14.8. The molecule has 2 aromatic rings. The topological polar surface area (TPSA) is 29.9 Å². The van der Waals surface area contributed by atoms with Crippen LogP contribution in [0.1, 0.15) is 29.7 Å². The number of aryl methyl sites for hydroxylation is 1. The molecule has 0 radical (unpaired) electrons. The molecule has 0 unspecified atom stereocenters. The lowest BCUT2D eigenvalue weighted by atomic mass is 10.2. The van der Waals surface area contributed by atoms with Crippen LogP contribution < -0.4 is 5.32 Å². The van der Waals surface area contributed by atoms with Gasteiger partial charge in [-0.05, 0) is 37.5 Å². The summed E-state index contributed by atoms with van der Waals surface area (Å²) in [6, 6.07) is 7.37. The summed E-state index contributed by atoms with van der Waals surface area (Å²) in [5.74, 6) is -0.197. The number of aromatic nitrogens is 2. The van der Waals surface area contributed by atoms with Crippen molar-refractivity contribution >= 4 is 0 Å². The largest absolute Gasteiger partial charge is 0.310 e. The minimum Gasteiger partial charge on any atom is -0.310 e. The van der Waals surface area contributed by atoms with Crippen LogP contribution in [0, 0.1) is 12.7 Å². The molecule has 0 bridgehead atoms. The number of hydrogen-bond acceptors (Lipinski definition) is 2. The summed E-state index contributed by atoms with van der Waals surface area (Å²) in [5.41, 5.74) is 3.21. The molecule has 0 amide bonds. The van der Waals surface area contributed by atoms with Crippen molar-refractivity contribution in [3.8, 4) is 0 Å². The van der Waals surface area contributed by atoms with E-state index in [0.717, 1.165) is 17.8 Å². The minimum atomic E-state index is -0.197. The highest BCUT2D eigenvalue weighted by molar-refractivity contribution is 5.19. The first kappa shape index (κ1) is 12.4. The number of rotatable bonds is 5. The molecule has 1 aromatic carbocycles. The fourth-order valence-corrected chi connectivity index (χ4v) is 2.18. The average molecular weight is 259 g/mol. The molecule has 0 saturated heterocycles. The quantitative estimate of drug-likeness (QED) is 0.894. The third-order valence-corrected chi connectivity index (χ3v) is 3.44. The maximum atomic E-state index is 13.1. The Morgan fingerprint density at radius 3 is 3.00 bits per heavy atom. The second-order valence-corrected chi connectivity index (χ2v) is 5.22. The predicted molar refractivity (Wildman–Crippen MR) is 72.3 cm³/mol. The van der Waals surface area contributed by atoms with Gasteiger partial charge in [0.05, 0.1) is 12.2 Å². The smallest absolute Gasteiger partial charge is 0.123 e. The Morgan fingerprint density at radius 2 is 2.26 bits per heavy atom. The van der Waals surface area contributed by atoms with Crippen LogP contribution in [-0.4, -0.2) is 15.8 Å². The van der Waals surface area contributed by atoms with E-state index in [-0.39, 0.29) is 5.82 Å². The van der Waals surface area contributed by atoms with Gasteiger partial charge in [0.1, 0.15) is 5.82 Å². The van der Waals surface area contributed by atoms with Crippen molar-refractivity contribution in [2.24, 2.45) is 0 Å². The Bertz CT molecular complexity index is 573. The summed E-state index contributed by atoms with van der Waals surface area (Å²) in [6.07, 6.45) is 4.63. The highest BCUT2D eigenvalue weighted by Gasteiger charge is 2.20. The number of nitrogens with one attached hydrogen (secondary N) is 1. The van der Waals surface area contributed by atoms with Crippen molar-refractivity contribution in [3.05, 3.63) is 53.1 Å². The zero-order valence-corrected chi connectivity index (χ0v) is 11.1. The molecule has 3 rings (SSSR count). The van der Waals surface area contributed by atoms with Crippen LogP contribution in [0.2, 0.25) is 0 Å². The van der Waals surface area contributed by atoms with Crippen molar-refractivity contribution in [1.82, 2.24) is 15.1 Å². The third kappa shape index (κ3) is 3.20. The molecule has 0 aliphatic heterocycles. The molecule has 0 atom stereocenters. The molecule has 100 valence electrons. The maximum Gasteiger partial charge on any atom is 0.123 e. The molecule has 0 spiro atoms. The van der Waals surface area contributed by atoms with E-state index in [0.29, 0.717) is 12.6 Å². The van der Waals surface area contributed by atoms with Crippen LogP contribution in [-0.2, 0) is 13.1 Å². The van der Waals surface area contributed by atoms with Crippen molar-refractivity contribution in [1.29, 1.82) is 0 Å². The zero-order chi connectivity index (χ0) is 13.2. The first-order valence-corrected chi connectivity index (χ1v) is 6.71. The summed E-state index contributed by atoms with van der Waals surface area (Å²) in [4.78, 5) is 0.